The van der Waals surface area contributed by atoms with E-state index in [0.29, 0.717) is 34.9 Å². The van der Waals surface area contributed by atoms with Crippen LogP contribution in [0, 0.1) is 11.7 Å². The first kappa shape index (κ1) is 18.7. The molecule has 1 saturated heterocycles. The van der Waals surface area contributed by atoms with Crippen LogP contribution in [0.3, 0.4) is 0 Å². The second kappa shape index (κ2) is 6.60. The Hall–Kier alpha value is -2.32. The number of thiophene rings is 1. The molecule has 0 spiro atoms. The van der Waals surface area contributed by atoms with Crippen LogP contribution in [0.1, 0.15) is 32.2 Å². The normalized spacial score (nSPS) is 20.7. The smallest absolute Gasteiger partial charge is 0.202 e. The molecule has 2 aliphatic rings. The monoisotopic (exact) mass is 417 g/mol. The van der Waals surface area contributed by atoms with E-state index in [1.54, 1.807) is 5.38 Å². The molecular weight excluding hydrogens is 393 g/mol. The lowest BCUT2D eigenvalue weighted by atomic mass is 10.0. The number of rotatable bonds is 4. The lowest BCUT2D eigenvalue weighted by Crippen LogP contribution is -2.30. The number of fused-ring (bicyclic) bond motifs is 2. The zero-order valence-electron chi connectivity index (χ0n) is 16.4. The number of anilines is 1. The topological polar surface area (TPSA) is 80.7 Å². The van der Waals surface area contributed by atoms with Crippen molar-refractivity contribution in [2.24, 2.45) is 11.7 Å². The molecular formula is C21H24FN3O3S. The van der Waals surface area contributed by atoms with Gasteiger partial charge >= 0.3 is 0 Å². The van der Waals surface area contributed by atoms with Crippen molar-refractivity contribution in [3.8, 4) is 11.5 Å². The number of pyridine rings is 1. The molecule has 0 radical (unpaired) electrons. The first-order valence-electron chi connectivity index (χ1n) is 9.97. The Balaban J connectivity index is 1.83. The zero-order chi connectivity index (χ0) is 20.4. The maximum Gasteiger partial charge on any atom is 0.202 e. The minimum absolute atomic E-state index is 0.0351. The Labute approximate surface area is 171 Å². The van der Waals surface area contributed by atoms with E-state index < -0.39 is 5.82 Å². The lowest BCUT2D eigenvalue weighted by Gasteiger charge is -2.25. The van der Waals surface area contributed by atoms with Crippen LogP contribution in [0.4, 0.5) is 10.1 Å². The molecule has 1 aliphatic heterocycles. The number of halogens is 1. The molecule has 0 amide bonds. The molecule has 154 valence electrons. The van der Waals surface area contributed by atoms with Crippen LogP contribution < -0.4 is 20.8 Å². The third-order valence-electron chi connectivity index (χ3n) is 6.27. The second-order valence-electron chi connectivity index (χ2n) is 8.22. The Morgan fingerprint density at radius 2 is 2.14 bits per heavy atom. The number of nitrogens with zero attached hydrogens (tertiary/aromatic N) is 2. The van der Waals surface area contributed by atoms with E-state index in [4.69, 9.17) is 10.5 Å². The van der Waals surface area contributed by atoms with Crippen LogP contribution in [0.5, 0.6) is 11.5 Å². The molecule has 5 rings (SSSR count). The Bertz CT molecular complexity index is 1180. The summed E-state index contributed by atoms with van der Waals surface area (Å²) in [5, 5.41) is 12.3. The van der Waals surface area contributed by atoms with Gasteiger partial charge in [0.25, 0.3) is 0 Å². The van der Waals surface area contributed by atoms with E-state index in [2.05, 4.69) is 4.57 Å². The first-order valence-corrected chi connectivity index (χ1v) is 10.9. The van der Waals surface area contributed by atoms with Crippen LogP contribution in [0.15, 0.2) is 16.2 Å². The van der Waals surface area contributed by atoms with Crippen molar-refractivity contribution < 1.29 is 14.2 Å². The maximum atomic E-state index is 15.3. The van der Waals surface area contributed by atoms with E-state index in [1.165, 1.54) is 24.5 Å². The Kier molecular flexibility index (Phi) is 4.25. The van der Waals surface area contributed by atoms with E-state index in [-0.39, 0.29) is 40.0 Å². The predicted octanol–water partition coefficient (Wildman–Crippen LogP) is 3.58. The number of ether oxygens (including phenoxy) is 1. The van der Waals surface area contributed by atoms with Gasteiger partial charge in [0.2, 0.25) is 5.43 Å². The largest absolute Gasteiger partial charge is 0.506 e. The van der Waals surface area contributed by atoms with Gasteiger partial charge in [-0.3, -0.25) is 4.79 Å². The number of benzene rings is 1. The molecule has 1 saturated carbocycles. The summed E-state index contributed by atoms with van der Waals surface area (Å²) in [6.07, 6.45) is 2.86. The molecule has 0 bridgehead atoms. The Morgan fingerprint density at radius 1 is 1.38 bits per heavy atom. The van der Waals surface area contributed by atoms with Crippen LogP contribution in [0.25, 0.3) is 21.1 Å². The van der Waals surface area contributed by atoms with Crippen LogP contribution in [-0.4, -0.2) is 35.9 Å². The summed E-state index contributed by atoms with van der Waals surface area (Å²) < 4.78 is 23.2. The van der Waals surface area contributed by atoms with Gasteiger partial charge in [0.1, 0.15) is 16.3 Å². The average Bonchev–Trinajstić information content (AvgIpc) is 3.26. The van der Waals surface area contributed by atoms with E-state index in [9.17, 15) is 9.90 Å². The molecule has 2 atom stereocenters. The molecule has 1 aromatic carbocycles. The van der Waals surface area contributed by atoms with Crippen molar-refractivity contribution in [2.75, 3.05) is 25.1 Å². The van der Waals surface area contributed by atoms with Gasteiger partial charge in [0, 0.05) is 30.6 Å². The first-order chi connectivity index (χ1) is 13.9. The molecule has 3 aromatic rings. The molecule has 8 heteroatoms. The molecule has 6 nitrogen and oxygen atoms in total. The fraction of sp³-hybridized carbons (Fsp3) is 0.476. The second-order valence-corrected chi connectivity index (χ2v) is 9.08. The minimum Gasteiger partial charge on any atom is -0.506 e. The summed E-state index contributed by atoms with van der Waals surface area (Å²) in [4.78, 5) is 15.8. The van der Waals surface area contributed by atoms with E-state index in [0.717, 1.165) is 19.3 Å². The van der Waals surface area contributed by atoms with Gasteiger partial charge in [0.05, 0.1) is 23.4 Å². The summed E-state index contributed by atoms with van der Waals surface area (Å²) in [5.41, 5.74) is 6.74. The number of aromatic hydroxyl groups is 1. The van der Waals surface area contributed by atoms with Crippen molar-refractivity contribution in [1.29, 1.82) is 0 Å². The highest BCUT2D eigenvalue weighted by Gasteiger charge is 2.34. The summed E-state index contributed by atoms with van der Waals surface area (Å²) in [5.74, 6) is 0.156. The molecule has 1 aliphatic carbocycles. The number of aromatic nitrogens is 1. The number of hydrogen-bond donors (Lipinski definition) is 2. The number of nitrogens with two attached hydrogens (primary N) is 1. The van der Waals surface area contributed by atoms with Gasteiger partial charge in [-0.05, 0) is 38.2 Å². The SMILES string of the molecule is COc1c(N2CC[C@@H]([C@H](C)N)C2)c(F)cc2c(=O)c3c(O)csc3n(C3CC3)c12. The summed E-state index contributed by atoms with van der Waals surface area (Å²) in [6.45, 7) is 3.33. The molecule has 0 unspecified atom stereocenters. The van der Waals surface area contributed by atoms with Crippen molar-refractivity contribution in [2.45, 2.75) is 38.3 Å². The Morgan fingerprint density at radius 3 is 2.76 bits per heavy atom. The third kappa shape index (κ3) is 2.73. The molecule has 3 heterocycles. The summed E-state index contributed by atoms with van der Waals surface area (Å²) in [7, 11) is 1.52. The molecule has 29 heavy (non-hydrogen) atoms. The summed E-state index contributed by atoms with van der Waals surface area (Å²) in [6, 6.07) is 1.57. The fourth-order valence-corrected chi connectivity index (χ4v) is 5.58. The minimum atomic E-state index is -0.479. The quantitative estimate of drug-likeness (QED) is 0.678. The van der Waals surface area contributed by atoms with Crippen molar-refractivity contribution >= 4 is 38.1 Å². The van der Waals surface area contributed by atoms with Gasteiger partial charge in [0.15, 0.2) is 11.6 Å². The van der Waals surface area contributed by atoms with Crippen LogP contribution >= 0.6 is 11.3 Å². The highest BCUT2D eigenvalue weighted by Crippen LogP contribution is 2.47. The van der Waals surface area contributed by atoms with E-state index >= 15 is 4.39 Å². The maximum absolute atomic E-state index is 15.3. The molecule has 2 fully saturated rings. The van der Waals surface area contributed by atoms with E-state index in [1.807, 2.05) is 11.8 Å². The molecule has 3 N–H and O–H groups in total. The average molecular weight is 418 g/mol. The van der Waals surface area contributed by atoms with Crippen molar-refractivity contribution in [3.63, 3.8) is 0 Å². The highest BCUT2D eigenvalue weighted by molar-refractivity contribution is 7.17. The third-order valence-corrected chi connectivity index (χ3v) is 7.23. The molecule has 2 aromatic heterocycles. The van der Waals surface area contributed by atoms with Crippen molar-refractivity contribution in [1.82, 2.24) is 4.57 Å². The number of hydrogen-bond acceptors (Lipinski definition) is 6. The highest BCUT2D eigenvalue weighted by atomic mass is 32.1. The standard InChI is InChI=1S/C21H24FN3O3S/c1-10(23)11-5-6-24(8-11)18-14(22)7-13-17(20(18)28-2)25(12-3-4-12)21-16(19(13)27)15(26)9-29-21/h7,9-12,26H,3-6,8,23H2,1-2H3/t10-,11+/m0/s1. The van der Waals surface area contributed by atoms with Gasteiger partial charge < -0.3 is 25.0 Å². The fourth-order valence-electron chi connectivity index (χ4n) is 4.57. The number of methoxy groups -OCH3 is 1. The lowest BCUT2D eigenvalue weighted by molar-refractivity contribution is 0.413. The van der Waals surface area contributed by atoms with Crippen molar-refractivity contribution in [3.05, 3.63) is 27.5 Å². The van der Waals surface area contributed by atoms with Gasteiger partial charge in [-0.2, -0.15) is 0 Å². The predicted molar refractivity (Wildman–Crippen MR) is 114 cm³/mol. The van der Waals surface area contributed by atoms with Gasteiger partial charge in [-0.1, -0.05) is 0 Å². The zero-order valence-corrected chi connectivity index (χ0v) is 17.3. The van der Waals surface area contributed by atoms with Crippen LogP contribution in [-0.2, 0) is 0 Å². The van der Waals surface area contributed by atoms with Gasteiger partial charge in [-0.25, -0.2) is 4.39 Å². The van der Waals surface area contributed by atoms with Crippen LogP contribution in [0.2, 0.25) is 0 Å². The van der Waals surface area contributed by atoms with Gasteiger partial charge in [-0.15, -0.1) is 11.3 Å². The summed E-state index contributed by atoms with van der Waals surface area (Å²) >= 11 is 1.34.